The van der Waals surface area contributed by atoms with Gasteiger partial charge in [-0.3, -0.25) is 14.9 Å². The lowest BCUT2D eigenvalue weighted by Gasteiger charge is -2.09. The van der Waals surface area contributed by atoms with E-state index in [9.17, 15) is 9.59 Å². The van der Waals surface area contributed by atoms with E-state index < -0.39 is 0 Å². The molecular weight excluding hydrogens is 440 g/mol. The molecule has 1 atom stereocenters. The Hall–Kier alpha value is -1.49. The van der Waals surface area contributed by atoms with Crippen LogP contribution < -0.4 is 10.6 Å². The van der Waals surface area contributed by atoms with Crippen LogP contribution in [0.4, 0.5) is 5.13 Å². The molecule has 0 spiro atoms. The zero-order chi connectivity index (χ0) is 18.4. The maximum atomic E-state index is 12.2. The van der Waals surface area contributed by atoms with Gasteiger partial charge in [0, 0.05) is 23.2 Å². The van der Waals surface area contributed by atoms with Gasteiger partial charge in [-0.2, -0.15) is 0 Å². The van der Waals surface area contributed by atoms with E-state index in [1.807, 2.05) is 6.07 Å². The number of hydrogen-bond donors (Lipinski definition) is 2. The highest BCUT2D eigenvalue weighted by atomic mass is 79.9. The molecule has 26 heavy (non-hydrogen) atoms. The number of benzene rings is 1. The second kappa shape index (κ2) is 9.45. The minimum absolute atomic E-state index is 0.0691. The summed E-state index contributed by atoms with van der Waals surface area (Å²) < 4.78 is 6.92. The van der Waals surface area contributed by atoms with Crippen LogP contribution in [0, 0.1) is 0 Å². The molecule has 138 valence electrons. The highest BCUT2D eigenvalue weighted by Crippen LogP contribution is 2.25. The van der Waals surface area contributed by atoms with Crippen LogP contribution in [0.1, 0.15) is 23.2 Å². The molecule has 1 aliphatic rings. The van der Waals surface area contributed by atoms with Crippen LogP contribution in [-0.4, -0.2) is 47.0 Å². The summed E-state index contributed by atoms with van der Waals surface area (Å²) in [6.07, 6.45) is 2.17. The molecule has 1 aromatic carbocycles. The molecule has 1 fully saturated rings. The maximum absolute atomic E-state index is 12.2. The number of rotatable bonds is 7. The molecule has 10 heteroatoms. The Kier molecular flexibility index (Phi) is 7.00. The van der Waals surface area contributed by atoms with Gasteiger partial charge in [-0.15, -0.1) is 10.2 Å². The number of anilines is 1. The number of hydrogen-bond acceptors (Lipinski definition) is 7. The van der Waals surface area contributed by atoms with Crippen molar-refractivity contribution < 1.29 is 14.3 Å². The highest BCUT2D eigenvalue weighted by molar-refractivity contribution is 9.10. The second-order valence-corrected chi connectivity index (χ2v) is 8.68. The van der Waals surface area contributed by atoms with E-state index in [0.29, 0.717) is 21.6 Å². The highest BCUT2D eigenvalue weighted by Gasteiger charge is 2.17. The lowest BCUT2D eigenvalue weighted by atomic mass is 10.2. The summed E-state index contributed by atoms with van der Waals surface area (Å²) in [6, 6.07) is 7.08. The molecule has 2 heterocycles. The van der Waals surface area contributed by atoms with Gasteiger partial charge in [0.15, 0.2) is 4.34 Å². The molecule has 0 aliphatic carbocycles. The van der Waals surface area contributed by atoms with Crippen molar-refractivity contribution in [2.45, 2.75) is 23.3 Å². The number of nitrogens with zero attached hydrogens (tertiary/aromatic N) is 2. The van der Waals surface area contributed by atoms with Crippen molar-refractivity contribution in [3.8, 4) is 0 Å². The fraction of sp³-hybridized carbons (Fsp3) is 0.375. The first-order chi connectivity index (χ1) is 12.6. The summed E-state index contributed by atoms with van der Waals surface area (Å²) in [7, 11) is 0. The van der Waals surface area contributed by atoms with Crippen molar-refractivity contribution in [1.82, 2.24) is 15.5 Å². The zero-order valence-corrected chi connectivity index (χ0v) is 17.0. The summed E-state index contributed by atoms with van der Waals surface area (Å²) in [5.74, 6) is -0.0743. The number of ether oxygens (including phenoxy) is 1. The van der Waals surface area contributed by atoms with Crippen LogP contribution >= 0.6 is 39.0 Å². The topological polar surface area (TPSA) is 93.2 Å². The van der Waals surface area contributed by atoms with Gasteiger partial charge in [-0.05, 0) is 31.0 Å². The van der Waals surface area contributed by atoms with Crippen molar-refractivity contribution in [2.24, 2.45) is 0 Å². The average molecular weight is 457 g/mol. The van der Waals surface area contributed by atoms with Gasteiger partial charge < -0.3 is 10.1 Å². The Morgan fingerprint density at radius 2 is 2.27 bits per heavy atom. The van der Waals surface area contributed by atoms with Crippen molar-refractivity contribution in [3.05, 3.63) is 34.3 Å². The van der Waals surface area contributed by atoms with E-state index in [4.69, 9.17) is 4.74 Å². The SMILES string of the molecule is O=C(CSc1nnc(NC(=O)c2cccc(Br)c2)s1)NC[C@H]1CCCO1. The predicted molar refractivity (Wildman–Crippen MR) is 105 cm³/mol. The molecule has 3 rings (SSSR count). The van der Waals surface area contributed by atoms with Crippen LogP contribution in [0.2, 0.25) is 0 Å². The Bertz CT molecular complexity index is 780. The lowest BCUT2D eigenvalue weighted by Crippen LogP contribution is -2.32. The molecule has 0 bridgehead atoms. The second-order valence-electron chi connectivity index (χ2n) is 5.57. The Labute approximate surface area is 167 Å². The Morgan fingerprint density at radius 1 is 1.38 bits per heavy atom. The van der Waals surface area contributed by atoms with Gasteiger partial charge in [0.25, 0.3) is 5.91 Å². The average Bonchev–Trinajstić information content (AvgIpc) is 3.30. The minimum atomic E-state index is -0.256. The zero-order valence-electron chi connectivity index (χ0n) is 13.7. The lowest BCUT2D eigenvalue weighted by molar-refractivity contribution is -0.119. The summed E-state index contributed by atoms with van der Waals surface area (Å²) in [5, 5.41) is 13.9. The largest absolute Gasteiger partial charge is 0.376 e. The number of thioether (sulfide) groups is 1. The van der Waals surface area contributed by atoms with Crippen LogP contribution in [0.15, 0.2) is 33.1 Å². The van der Waals surface area contributed by atoms with Gasteiger partial charge in [0.05, 0.1) is 11.9 Å². The number of amides is 2. The normalized spacial score (nSPS) is 16.4. The molecule has 0 radical (unpaired) electrons. The van der Waals surface area contributed by atoms with E-state index in [0.717, 1.165) is 23.9 Å². The van der Waals surface area contributed by atoms with Crippen LogP contribution in [0.5, 0.6) is 0 Å². The van der Waals surface area contributed by atoms with Crippen molar-refractivity contribution >= 4 is 56.0 Å². The van der Waals surface area contributed by atoms with E-state index in [-0.39, 0.29) is 23.7 Å². The van der Waals surface area contributed by atoms with Gasteiger partial charge >= 0.3 is 0 Å². The first kappa shape index (κ1) is 19.3. The van der Waals surface area contributed by atoms with Crippen molar-refractivity contribution in [1.29, 1.82) is 0 Å². The maximum Gasteiger partial charge on any atom is 0.257 e. The van der Waals surface area contributed by atoms with Gasteiger partial charge in [-0.25, -0.2) is 0 Å². The fourth-order valence-corrected chi connectivity index (χ4v) is 4.31. The van der Waals surface area contributed by atoms with Gasteiger partial charge in [0.1, 0.15) is 0 Å². The Balaban J connectivity index is 1.44. The third kappa shape index (κ3) is 5.76. The number of nitrogens with one attached hydrogen (secondary N) is 2. The third-order valence-corrected chi connectivity index (χ3v) is 6.06. The van der Waals surface area contributed by atoms with Crippen LogP contribution in [0.25, 0.3) is 0 Å². The molecule has 0 unspecified atom stereocenters. The van der Waals surface area contributed by atoms with E-state index in [1.54, 1.807) is 18.2 Å². The van der Waals surface area contributed by atoms with E-state index >= 15 is 0 Å². The summed E-state index contributed by atoms with van der Waals surface area (Å²) in [6.45, 7) is 1.32. The molecule has 2 N–H and O–H groups in total. The first-order valence-electron chi connectivity index (χ1n) is 8.01. The third-order valence-electron chi connectivity index (χ3n) is 3.59. The molecule has 2 aromatic rings. The minimum Gasteiger partial charge on any atom is -0.376 e. The molecule has 7 nitrogen and oxygen atoms in total. The monoisotopic (exact) mass is 456 g/mol. The molecule has 1 saturated heterocycles. The van der Waals surface area contributed by atoms with Crippen LogP contribution in [0.3, 0.4) is 0 Å². The summed E-state index contributed by atoms with van der Waals surface area (Å²) in [4.78, 5) is 24.0. The smallest absolute Gasteiger partial charge is 0.257 e. The molecule has 1 aliphatic heterocycles. The molecular formula is C16H17BrN4O3S2. The van der Waals surface area contributed by atoms with Crippen molar-refractivity contribution in [2.75, 3.05) is 24.2 Å². The number of carbonyl (C=O) groups excluding carboxylic acids is 2. The molecule has 2 amide bonds. The van der Waals surface area contributed by atoms with E-state index in [2.05, 4.69) is 36.8 Å². The summed E-state index contributed by atoms with van der Waals surface area (Å²) >= 11 is 5.86. The number of halogens is 1. The summed E-state index contributed by atoms with van der Waals surface area (Å²) in [5.41, 5.74) is 0.525. The Morgan fingerprint density at radius 3 is 3.04 bits per heavy atom. The number of carbonyl (C=O) groups is 2. The van der Waals surface area contributed by atoms with Crippen LogP contribution in [-0.2, 0) is 9.53 Å². The van der Waals surface area contributed by atoms with Gasteiger partial charge in [0.2, 0.25) is 11.0 Å². The molecule has 0 saturated carbocycles. The standard InChI is InChI=1S/C16H17BrN4O3S2/c17-11-4-1-3-10(7-11)14(23)19-15-20-21-16(26-15)25-9-13(22)18-8-12-5-2-6-24-12/h1,3-4,7,12H,2,5-6,8-9H2,(H,18,22)(H,19,20,23)/t12-/m1/s1. The molecule has 1 aromatic heterocycles. The van der Waals surface area contributed by atoms with Gasteiger partial charge in [-0.1, -0.05) is 45.1 Å². The predicted octanol–water partition coefficient (Wildman–Crippen LogP) is 2.94. The number of aromatic nitrogens is 2. The van der Waals surface area contributed by atoms with Crippen molar-refractivity contribution in [3.63, 3.8) is 0 Å². The quantitative estimate of drug-likeness (QED) is 0.491. The first-order valence-corrected chi connectivity index (χ1v) is 10.6. The van der Waals surface area contributed by atoms with E-state index in [1.165, 1.54) is 23.1 Å². The fourth-order valence-electron chi connectivity index (χ4n) is 2.33.